The number of ether oxygens (including phenoxy) is 5. The Kier molecular flexibility index (Phi) is 3.77. The summed E-state index contributed by atoms with van der Waals surface area (Å²) in [6, 6.07) is 0. The normalized spacial score (nSPS) is 43.5. The molecule has 0 saturated carbocycles. The zero-order valence-corrected chi connectivity index (χ0v) is 13.5. The predicted molar refractivity (Wildman–Crippen MR) is 74.2 cm³/mol. The number of carboxylic acid groups (broad SMARTS) is 1. The van der Waals surface area contributed by atoms with Crippen molar-refractivity contribution in [3.05, 3.63) is 0 Å². The lowest BCUT2D eigenvalue weighted by atomic mass is 9.83. The lowest BCUT2D eigenvalue weighted by molar-refractivity contribution is -0.321. The van der Waals surface area contributed by atoms with Gasteiger partial charge in [-0.2, -0.15) is 0 Å². The van der Waals surface area contributed by atoms with Crippen LogP contribution >= 0.6 is 0 Å². The van der Waals surface area contributed by atoms with Gasteiger partial charge in [0.05, 0.1) is 25.9 Å². The van der Waals surface area contributed by atoms with E-state index in [4.69, 9.17) is 23.7 Å². The monoisotopic (exact) mass is 316 g/mol. The van der Waals surface area contributed by atoms with E-state index in [1.165, 1.54) is 0 Å². The fourth-order valence-electron chi connectivity index (χ4n) is 3.49. The van der Waals surface area contributed by atoms with Gasteiger partial charge in [0.2, 0.25) is 0 Å². The molecule has 4 unspecified atom stereocenters. The van der Waals surface area contributed by atoms with Gasteiger partial charge in [-0.3, -0.25) is 0 Å². The molecule has 0 amide bonds. The van der Waals surface area contributed by atoms with Gasteiger partial charge in [-0.05, 0) is 27.7 Å². The maximum Gasteiger partial charge on any atom is 0.339 e. The Labute approximate surface area is 129 Å². The molecule has 3 aliphatic rings. The van der Waals surface area contributed by atoms with E-state index in [9.17, 15) is 9.90 Å². The SMILES string of the molecule is CC1(C)OCC2COCCC3(C(=O)O)OC(C)(C)OC3C2O1. The molecule has 126 valence electrons. The summed E-state index contributed by atoms with van der Waals surface area (Å²) in [6.07, 6.45) is -0.927. The number of carboxylic acids is 1. The van der Waals surface area contributed by atoms with Gasteiger partial charge in [0, 0.05) is 12.3 Å². The van der Waals surface area contributed by atoms with E-state index >= 15 is 0 Å². The average Bonchev–Trinajstić information content (AvgIpc) is 2.66. The van der Waals surface area contributed by atoms with Crippen molar-refractivity contribution in [2.24, 2.45) is 5.92 Å². The third kappa shape index (κ3) is 2.65. The summed E-state index contributed by atoms with van der Waals surface area (Å²) in [5.41, 5.74) is -1.46. The van der Waals surface area contributed by atoms with Crippen LogP contribution in [0.4, 0.5) is 0 Å². The molecule has 3 rings (SSSR count). The van der Waals surface area contributed by atoms with Crippen molar-refractivity contribution >= 4 is 5.97 Å². The highest BCUT2D eigenvalue weighted by atomic mass is 16.8. The summed E-state index contributed by atoms with van der Waals surface area (Å²) in [6.45, 7) is 8.27. The first-order valence-electron chi connectivity index (χ1n) is 7.66. The molecule has 3 saturated heterocycles. The Morgan fingerprint density at radius 1 is 1.09 bits per heavy atom. The Morgan fingerprint density at radius 2 is 1.82 bits per heavy atom. The van der Waals surface area contributed by atoms with Crippen LogP contribution in [0.25, 0.3) is 0 Å². The molecule has 1 N–H and O–H groups in total. The molecule has 0 aromatic carbocycles. The highest BCUT2D eigenvalue weighted by molar-refractivity contribution is 5.79. The molecular formula is C15H24O7. The number of fused-ring (bicyclic) bond motifs is 3. The van der Waals surface area contributed by atoms with E-state index in [-0.39, 0.29) is 12.3 Å². The first kappa shape index (κ1) is 16.1. The van der Waals surface area contributed by atoms with Crippen LogP contribution in [0.15, 0.2) is 0 Å². The van der Waals surface area contributed by atoms with Crippen LogP contribution in [0.1, 0.15) is 34.1 Å². The van der Waals surface area contributed by atoms with Crippen LogP contribution in [0.3, 0.4) is 0 Å². The number of aliphatic carboxylic acids is 1. The van der Waals surface area contributed by atoms with E-state index in [2.05, 4.69) is 0 Å². The molecule has 0 radical (unpaired) electrons. The maximum absolute atomic E-state index is 12.0. The highest BCUT2D eigenvalue weighted by Crippen LogP contribution is 2.45. The molecule has 0 aliphatic carbocycles. The lowest BCUT2D eigenvalue weighted by Gasteiger charge is -2.46. The Bertz CT molecular complexity index is 461. The molecule has 7 heteroatoms. The summed E-state index contributed by atoms with van der Waals surface area (Å²) >= 11 is 0. The van der Waals surface area contributed by atoms with Gasteiger partial charge in [0.15, 0.2) is 17.2 Å². The van der Waals surface area contributed by atoms with E-state index in [1.54, 1.807) is 13.8 Å². The summed E-state index contributed by atoms with van der Waals surface area (Å²) in [5.74, 6) is -2.90. The summed E-state index contributed by atoms with van der Waals surface area (Å²) in [5, 5.41) is 9.82. The second kappa shape index (κ2) is 5.14. The molecule has 3 aliphatic heterocycles. The zero-order valence-electron chi connectivity index (χ0n) is 13.5. The van der Waals surface area contributed by atoms with Gasteiger partial charge < -0.3 is 28.8 Å². The van der Waals surface area contributed by atoms with E-state index in [0.717, 1.165) is 0 Å². The van der Waals surface area contributed by atoms with Crippen molar-refractivity contribution in [3.63, 3.8) is 0 Å². The van der Waals surface area contributed by atoms with Crippen molar-refractivity contribution in [1.82, 2.24) is 0 Å². The number of hydrogen-bond donors (Lipinski definition) is 1. The largest absolute Gasteiger partial charge is 0.479 e. The van der Waals surface area contributed by atoms with Gasteiger partial charge in [0.1, 0.15) is 6.10 Å². The molecular weight excluding hydrogens is 292 g/mol. The first-order valence-corrected chi connectivity index (χ1v) is 7.66. The van der Waals surface area contributed by atoms with Crippen molar-refractivity contribution in [1.29, 1.82) is 0 Å². The number of hydrogen-bond acceptors (Lipinski definition) is 6. The number of rotatable bonds is 1. The van der Waals surface area contributed by atoms with Crippen LogP contribution in [0.5, 0.6) is 0 Å². The van der Waals surface area contributed by atoms with Crippen molar-refractivity contribution in [2.45, 2.75) is 63.5 Å². The Hall–Kier alpha value is -0.730. The highest BCUT2D eigenvalue weighted by Gasteiger charge is 2.64. The zero-order chi connectivity index (χ0) is 16.2. The topological polar surface area (TPSA) is 83.5 Å². The molecule has 22 heavy (non-hydrogen) atoms. The summed E-state index contributed by atoms with van der Waals surface area (Å²) in [7, 11) is 0. The van der Waals surface area contributed by atoms with E-state index < -0.39 is 35.4 Å². The molecule has 0 aromatic heterocycles. The molecule has 4 atom stereocenters. The molecule has 3 heterocycles. The van der Waals surface area contributed by atoms with Crippen molar-refractivity contribution < 1.29 is 33.6 Å². The van der Waals surface area contributed by atoms with Gasteiger partial charge in [0.25, 0.3) is 0 Å². The number of carbonyl (C=O) groups is 1. The van der Waals surface area contributed by atoms with E-state index in [0.29, 0.717) is 19.8 Å². The minimum Gasteiger partial charge on any atom is -0.479 e. The smallest absolute Gasteiger partial charge is 0.339 e. The second-order valence-electron chi connectivity index (χ2n) is 7.11. The predicted octanol–water partition coefficient (Wildman–Crippen LogP) is 1.15. The summed E-state index contributed by atoms with van der Waals surface area (Å²) in [4.78, 5) is 12.0. The van der Waals surface area contributed by atoms with E-state index in [1.807, 2.05) is 13.8 Å². The fourth-order valence-corrected chi connectivity index (χ4v) is 3.49. The maximum atomic E-state index is 12.0. The van der Waals surface area contributed by atoms with Crippen LogP contribution in [0, 0.1) is 5.92 Å². The van der Waals surface area contributed by atoms with Crippen LogP contribution < -0.4 is 0 Å². The summed E-state index contributed by atoms with van der Waals surface area (Å²) < 4.78 is 29.1. The molecule has 3 fully saturated rings. The van der Waals surface area contributed by atoms with Crippen LogP contribution in [0.2, 0.25) is 0 Å². The van der Waals surface area contributed by atoms with Crippen molar-refractivity contribution in [2.75, 3.05) is 19.8 Å². The van der Waals surface area contributed by atoms with Crippen LogP contribution in [-0.4, -0.2) is 60.3 Å². The molecule has 0 spiro atoms. The molecule has 7 nitrogen and oxygen atoms in total. The Morgan fingerprint density at radius 3 is 2.50 bits per heavy atom. The van der Waals surface area contributed by atoms with Gasteiger partial charge in [-0.15, -0.1) is 0 Å². The van der Waals surface area contributed by atoms with Crippen molar-refractivity contribution in [3.8, 4) is 0 Å². The molecule has 0 aromatic rings. The second-order valence-corrected chi connectivity index (χ2v) is 7.11. The first-order chi connectivity index (χ1) is 10.2. The van der Waals surface area contributed by atoms with Gasteiger partial charge in [-0.1, -0.05) is 0 Å². The quantitative estimate of drug-likeness (QED) is 0.777. The minimum absolute atomic E-state index is 0.0884. The fraction of sp³-hybridized carbons (Fsp3) is 0.933. The average molecular weight is 316 g/mol. The minimum atomic E-state index is -1.46. The third-order valence-electron chi connectivity index (χ3n) is 4.44. The Balaban J connectivity index is 1.99. The standard InChI is InChI=1S/C15H24O7/c1-13(2)19-8-9-7-18-6-5-15(12(16)17)11(10(9)20-13)21-14(3,4)22-15/h9-11H,5-8H2,1-4H3,(H,16,17). The molecule has 0 bridgehead atoms. The van der Waals surface area contributed by atoms with Crippen LogP contribution in [-0.2, 0) is 28.5 Å². The van der Waals surface area contributed by atoms with Gasteiger partial charge >= 0.3 is 5.97 Å². The lowest BCUT2D eigenvalue weighted by Crippen LogP contribution is -2.61. The third-order valence-corrected chi connectivity index (χ3v) is 4.44. The van der Waals surface area contributed by atoms with Gasteiger partial charge in [-0.25, -0.2) is 4.79 Å².